The second-order valence-electron chi connectivity index (χ2n) is 5.27. The molecule has 1 saturated heterocycles. The van der Waals surface area contributed by atoms with E-state index in [1.807, 2.05) is 4.90 Å². The maximum Gasteiger partial charge on any atom is 0.253 e. The molecule has 1 heterocycles. The molecule has 1 atom stereocenters. The molecule has 0 aromatic heterocycles. The lowest BCUT2D eigenvalue weighted by Gasteiger charge is -2.31. The van der Waals surface area contributed by atoms with Crippen LogP contribution in [0.5, 0.6) is 0 Å². The predicted molar refractivity (Wildman–Crippen MR) is 79.6 cm³/mol. The summed E-state index contributed by atoms with van der Waals surface area (Å²) >= 11 is 0. The van der Waals surface area contributed by atoms with Crippen LogP contribution in [0.1, 0.15) is 30.1 Å². The summed E-state index contributed by atoms with van der Waals surface area (Å²) in [4.78, 5) is 25.4. The van der Waals surface area contributed by atoms with Crippen LogP contribution in [-0.2, 0) is 4.79 Å². The third-order valence-electron chi connectivity index (χ3n) is 3.53. The van der Waals surface area contributed by atoms with E-state index in [1.54, 1.807) is 24.3 Å². The van der Waals surface area contributed by atoms with Crippen molar-refractivity contribution in [1.29, 1.82) is 0 Å². The molecular formula is C16H20N2O2. The highest BCUT2D eigenvalue weighted by Gasteiger charge is 2.21. The first-order valence-electron chi connectivity index (χ1n) is 6.93. The predicted octanol–water partition coefficient (Wildman–Crippen LogP) is 2.68. The van der Waals surface area contributed by atoms with Crippen LogP contribution in [0.3, 0.4) is 0 Å². The van der Waals surface area contributed by atoms with Gasteiger partial charge in [-0.05, 0) is 49.1 Å². The number of amides is 2. The Morgan fingerprint density at radius 3 is 2.65 bits per heavy atom. The molecule has 20 heavy (non-hydrogen) atoms. The molecule has 0 aliphatic carbocycles. The maximum atomic E-state index is 12.4. The average Bonchev–Trinajstić information content (AvgIpc) is 2.47. The molecule has 0 spiro atoms. The van der Waals surface area contributed by atoms with Gasteiger partial charge in [-0.25, -0.2) is 0 Å². The van der Waals surface area contributed by atoms with Crippen molar-refractivity contribution in [2.24, 2.45) is 5.92 Å². The molecule has 1 unspecified atom stereocenters. The van der Waals surface area contributed by atoms with Crippen LogP contribution in [0.4, 0.5) is 5.69 Å². The number of rotatable bonds is 3. The van der Waals surface area contributed by atoms with Crippen molar-refractivity contribution >= 4 is 17.5 Å². The molecule has 0 bridgehead atoms. The van der Waals surface area contributed by atoms with E-state index in [0.717, 1.165) is 19.5 Å². The first kappa shape index (κ1) is 14.3. The number of hydrogen-bond acceptors (Lipinski definition) is 2. The van der Waals surface area contributed by atoms with Crippen LogP contribution in [-0.4, -0.2) is 29.8 Å². The van der Waals surface area contributed by atoms with Crippen molar-refractivity contribution < 1.29 is 9.59 Å². The van der Waals surface area contributed by atoms with Gasteiger partial charge in [0, 0.05) is 24.3 Å². The van der Waals surface area contributed by atoms with E-state index in [4.69, 9.17) is 0 Å². The van der Waals surface area contributed by atoms with Crippen LogP contribution in [0, 0.1) is 5.92 Å². The van der Waals surface area contributed by atoms with Crippen molar-refractivity contribution in [2.45, 2.75) is 19.8 Å². The standard InChI is InChI=1S/C16H20N2O2/c1-3-15(19)17-14-8-6-13(7-9-14)16(20)18-10-4-5-12(2)11-18/h3,6-9,12H,1,4-5,10-11H2,2H3,(H,17,19). The number of carbonyl (C=O) groups is 2. The second-order valence-corrected chi connectivity index (χ2v) is 5.27. The maximum absolute atomic E-state index is 12.4. The van der Waals surface area contributed by atoms with Crippen LogP contribution in [0.25, 0.3) is 0 Å². The Hall–Kier alpha value is -2.10. The summed E-state index contributed by atoms with van der Waals surface area (Å²) in [6.45, 7) is 7.23. The molecule has 0 radical (unpaired) electrons. The average molecular weight is 272 g/mol. The van der Waals surface area contributed by atoms with E-state index in [0.29, 0.717) is 17.2 Å². The van der Waals surface area contributed by atoms with Gasteiger partial charge in [0.25, 0.3) is 5.91 Å². The highest BCUT2D eigenvalue weighted by molar-refractivity contribution is 5.99. The van der Waals surface area contributed by atoms with Gasteiger partial charge in [-0.15, -0.1) is 0 Å². The summed E-state index contributed by atoms with van der Waals surface area (Å²) in [6, 6.07) is 6.98. The lowest BCUT2D eigenvalue weighted by atomic mass is 9.99. The molecule has 4 heteroatoms. The number of benzene rings is 1. The number of nitrogens with one attached hydrogen (secondary N) is 1. The Balaban J connectivity index is 2.03. The van der Waals surface area contributed by atoms with E-state index in [1.165, 1.54) is 12.5 Å². The normalized spacial score (nSPS) is 18.4. The van der Waals surface area contributed by atoms with E-state index in [9.17, 15) is 9.59 Å². The summed E-state index contributed by atoms with van der Waals surface area (Å²) in [5, 5.41) is 2.66. The smallest absolute Gasteiger partial charge is 0.253 e. The number of carbonyl (C=O) groups excluding carboxylic acids is 2. The summed E-state index contributed by atoms with van der Waals surface area (Å²) in [5.74, 6) is 0.380. The number of piperidine rings is 1. The molecular weight excluding hydrogens is 252 g/mol. The van der Waals surface area contributed by atoms with Gasteiger partial charge in [0.15, 0.2) is 0 Å². The minimum Gasteiger partial charge on any atom is -0.338 e. The zero-order valence-electron chi connectivity index (χ0n) is 11.8. The number of anilines is 1. The molecule has 1 N–H and O–H groups in total. The zero-order chi connectivity index (χ0) is 14.5. The fraction of sp³-hybridized carbons (Fsp3) is 0.375. The van der Waals surface area contributed by atoms with Gasteiger partial charge in [-0.1, -0.05) is 13.5 Å². The van der Waals surface area contributed by atoms with E-state index >= 15 is 0 Å². The van der Waals surface area contributed by atoms with Crippen LogP contribution >= 0.6 is 0 Å². The van der Waals surface area contributed by atoms with Gasteiger partial charge >= 0.3 is 0 Å². The SMILES string of the molecule is C=CC(=O)Nc1ccc(C(=O)N2CCCC(C)C2)cc1. The van der Waals surface area contributed by atoms with Crippen molar-refractivity contribution in [2.75, 3.05) is 18.4 Å². The molecule has 1 aromatic carbocycles. The molecule has 1 fully saturated rings. The Morgan fingerprint density at radius 2 is 2.05 bits per heavy atom. The minimum absolute atomic E-state index is 0.0677. The van der Waals surface area contributed by atoms with Gasteiger partial charge < -0.3 is 10.2 Å². The van der Waals surface area contributed by atoms with Crippen molar-refractivity contribution in [3.8, 4) is 0 Å². The molecule has 1 aliphatic heterocycles. The van der Waals surface area contributed by atoms with E-state index < -0.39 is 0 Å². The molecule has 1 aliphatic rings. The second kappa shape index (κ2) is 6.37. The Labute approximate surface area is 119 Å². The van der Waals surface area contributed by atoms with E-state index in [-0.39, 0.29) is 11.8 Å². The lowest BCUT2D eigenvalue weighted by molar-refractivity contribution is -0.111. The van der Waals surface area contributed by atoms with Crippen LogP contribution < -0.4 is 5.32 Å². The van der Waals surface area contributed by atoms with Gasteiger partial charge in [-0.3, -0.25) is 9.59 Å². The number of nitrogens with zero attached hydrogens (tertiary/aromatic N) is 1. The van der Waals surface area contributed by atoms with Crippen molar-refractivity contribution in [3.05, 3.63) is 42.5 Å². The monoisotopic (exact) mass is 272 g/mol. The van der Waals surface area contributed by atoms with Crippen molar-refractivity contribution in [1.82, 2.24) is 4.90 Å². The molecule has 1 aromatic rings. The van der Waals surface area contributed by atoms with Crippen molar-refractivity contribution in [3.63, 3.8) is 0 Å². The minimum atomic E-state index is -0.256. The van der Waals surface area contributed by atoms with Crippen LogP contribution in [0.2, 0.25) is 0 Å². The highest BCUT2D eigenvalue weighted by atomic mass is 16.2. The quantitative estimate of drug-likeness (QED) is 0.860. The molecule has 4 nitrogen and oxygen atoms in total. The number of hydrogen-bond donors (Lipinski definition) is 1. The van der Waals surface area contributed by atoms with Gasteiger partial charge in [0.05, 0.1) is 0 Å². The third kappa shape index (κ3) is 3.47. The Kier molecular flexibility index (Phi) is 4.56. The zero-order valence-corrected chi connectivity index (χ0v) is 11.8. The molecule has 2 rings (SSSR count). The summed E-state index contributed by atoms with van der Waals surface area (Å²) in [6.07, 6.45) is 3.48. The summed E-state index contributed by atoms with van der Waals surface area (Å²) < 4.78 is 0. The third-order valence-corrected chi connectivity index (χ3v) is 3.53. The van der Waals surface area contributed by atoms with Gasteiger partial charge in [0.1, 0.15) is 0 Å². The molecule has 106 valence electrons. The fourth-order valence-corrected chi connectivity index (χ4v) is 2.45. The lowest BCUT2D eigenvalue weighted by Crippen LogP contribution is -2.39. The fourth-order valence-electron chi connectivity index (χ4n) is 2.45. The highest BCUT2D eigenvalue weighted by Crippen LogP contribution is 2.18. The van der Waals surface area contributed by atoms with Gasteiger partial charge in [-0.2, -0.15) is 0 Å². The Bertz CT molecular complexity index is 508. The number of likely N-dealkylation sites (tertiary alicyclic amines) is 1. The largest absolute Gasteiger partial charge is 0.338 e. The van der Waals surface area contributed by atoms with Gasteiger partial charge in [0.2, 0.25) is 5.91 Å². The summed E-state index contributed by atoms with van der Waals surface area (Å²) in [7, 11) is 0. The first-order chi connectivity index (χ1) is 9.60. The Morgan fingerprint density at radius 1 is 1.35 bits per heavy atom. The first-order valence-corrected chi connectivity index (χ1v) is 6.93. The molecule has 0 saturated carbocycles. The topological polar surface area (TPSA) is 49.4 Å². The van der Waals surface area contributed by atoms with E-state index in [2.05, 4.69) is 18.8 Å². The van der Waals surface area contributed by atoms with Crippen LogP contribution in [0.15, 0.2) is 36.9 Å². The molecule has 2 amide bonds. The summed E-state index contributed by atoms with van der Waals surface area (Å²) in [5.41, 5.74) is 1.33.